The Morgan fingerprint density at radius 3 is 2.70 bits per heavy atom. The fraction of sp³-hybridized carbons (Fsp3) is 0.632. The number of nitrogens with one attached hydrogen (secondary N) is 1. The predicted molar refractivity (Wildman–Crippen MR) is 110 cm³/mol. The highest BCUT2D eigenvalue weighted by atomic mass is 32.2. The van der Waals surface area contributed by atoms with E-state index in [1.54, 1.807) is 7.11 Å². The van der Waals surface area contributed by atoms with Gasteiger partial charge < -0.3 is 19.7 Å². The van der Waals surface area contributed by atoms with E-state index in [0.717, 1.165) is 31.6 Å². The molecule has 0 bridgehead atoms. The highest BCUT2D eigenvalue weighted by Gasteiger charge is 2.35. The second-order valence-corrected chi connectivity index (χ2v) is 9.79. The predicted octanol–water partition coefficient (Wildman–Crippen LogP) is 1.78. The molecule has 2 heterocycles. The lowest BCUT2D eigenvalue weighted by Crippen LogP contribution is -2.50. The number of benzene rings is 1. The van der Waals surface area contributed by atoms with Crippen molar-refractivity contribution < 1.29 is 17.9 Å². The monoisotopic (exact) mass is 412 g/mol. The summed E-state index contributed by atoms with van der Waals surface area (Å²) in [6.07, 6.45) is 3.66. The summed E-state index contributed by atoms with van der Waals surface area (Å²) < 4.78 is 34.8. The largest absolute Gasteiger partial charge is 0.497 e. The first-order valence-electron chi connectivity index (χ1n) is 9.46. The maximum absolute atomic E-state index is 11.9. The molecule has 0 amide bonds. The molecule has 2 aliphatic heterocycles. The average molecular weight is 413 g/mol. The molecule has 3 rings (SSSR count). The van der Waals surface area contributed by atoms with Gasteiger partial charge in [-0.05, 0) is 55.6 Å². The molecule has 150 valence electrons. The lowest BCUT2D eigenvalue weighted by atomic mass is 10.1. The number of hydrogen-bond acceptors (Lipinski definition) is 5. The molecule has 27 heavy (non-hydrogen) atoms. The fourth-order valence-corrected chi connectivity index (χ4v) is 5.69. The van der Waals surface area contributed by atoms with E-state index < -0.39 is 9.84 Å². The Morgan fingerprint density at radius 1 is 1.33 bits per heavy atom. The van der Waals surface area contributed by atoms with Crippen molar-refractivity contribution in [1.82, 2.24) is 10.2 Å². The maximum atomic E-state index is 11.9. The van der Waals surface area contributed by atoms with Crippen molar-refractivity contribution in [1.29, 1.82) is 0 Å². The van der Waals surface area contributed by atoms with Crippen LogP contribution in [0.5, 0.6) is 5.75 Å². The van der Waals surface area contributed by atoms with Gasteiger partial charge in [0.15, 0.2) is 14.9 Å². The van der Waals surface area contributed by atoms with Crippen LogP contribution in [-0.2, 0) is 21.0 Å². The lowest BCUT2D eigenvalue weighted by Gasteiger charge is -2.33. The molecule has 1 aromatic rings. The summed E-state index contributed by atoms with van der Waals surface area (Å²) in [6.45, 7) is 2.14. The molecule has 0 radical (unpaired) electrons. The van der Waals surface area contributed by atoms with Gasteiger partial charge in [-0.25, -0.2) is 8.42 Å². The lowest BCUT2D eigenvalue weighted by molar-refractivity contribution is 0.0842. The van der Waals surface area contributed by atoms with Crippen molar-refractivity contribution in [2.24, 2.45) is 0 Å². The van der Waals surface area contributed by atoms with E-state index in [2.05, 4.69) is 5.32 Å². The molecule has 0 spiro atoms. The van der Waals surface area contributed by atoms with Crippen LogP contribution in [-0.4, -0.2) is 68.9 Å². The number of ether oxygens (including phenoxy) is 2. The van der Waals surface area contributed by atoms with Gasteiger partial charge >= 0.3 is 0 Å². The molecule has 1 N–H and O–H groups in total. The van der Waals surface area contributed by atoms with Gasteiger partial charge in [-0.15, -0.1) is 0 Å². The second kappa shape index (κ2) is 9.21. The van der Waals surface area contributed by atoms with E-state index in [9.17, 15) is 8.42 Å². The number of methoxy groups -OCH3 is 1. The molecule has 2 atom stereocenters. The van der Waals surface area contributed by atoms with Crippen molar-refractivity contribution in [3.63, 3.8) is 0 Å². The zero-order chi connectivity index (χ0) is 19.3. The molecule has 2 saturated heterocycles. The minimum Gasteiger partial charge on any atom is -0.497 e. The Morgan fingerprint density at radius 2 is 2.11 bits per heavy atom. The molecule has 2 aliphatic rings. The molecular formula is C19H28N2O4S2. The Balaban J connectivity index is 1.56. The van der Waals surface area contributed by atoms with E-state index in [1.165, 1.54) is 5.56 Å². The highest BCUT2D eigenvalue weighted by Crippen LogP contribution is 2.21. The van der Waals surface area contributed by atoms with Gasteiger partial charge in [0, 0.05) is 25.7 Å². The standard InChI is InChI=1S/C19H28N2O4S2/c1-24-17-6-4-15(5-7-17)8-10-20-19(26)21(13-18-3-2-11-25-18)16-9-12-27(22,23)14-16/h4-7,16,18H,2-3,8-14H2,1H3,(H,20,26)/t16-,18-/m0/s1. The van der Waals surface area contributed by atoms with Gasteiger partial charge in [-0.3, -0.25) is 0 Å². The van der Waals surface area contributed by atoms with Gasteiger partial charge in [0.25, 0.3) is 0 Å². The third-order valence-corrected chi connectivity index (χ3v) is 7.31. The molecular weight excluding hydrogens is 384 g/mol. The third-order valence-electron chi connectivity index (χ3n) is 5.18. The van der Waals surface area contributed by atoms with Crippen LogP contribution in [0.15, 0.2) is 24.3 Å². The molecule has 6 nitrogen and oxygen atoms in total. The molecule has 0 aromatic heterocycles. The minimum absolute atomic E-state index is 0.0554. The van der Waals surface area contributed by atoms with Crippen LogP contribution in [0.25, 0.3) is 0 Å². The van der Waals surface area contributed by atoms with E-state index >= 15 is 0 Å². The number of nitrogens with zero attached hydrogens (tertiary/aromatic N) is 1. The van der Waals surface area contributed by atoms with Crippen molar-refractivity contribution in [3.05, 3.63) is 29.8 Å². The summed E-state index contributed by atoms with van der Waals surface area (Å²) in [7, 11) is -1.31. The second-order valence-electron chi connectivity index (χ2n) is 7.17. The van der Waals surface area contributed by atoms with E-state index in [-0.39, 0.29) is 23.7 Å². The van der Waals surface area contributed by atoms with E-state index in [0.29, 0.717) is 24.6 Å². The van der Waals surface area contributed by atoms with Crippen molar-refractivity contribution in [2.75, 3.05) is 38.3 Å². The maximum Gasteiger partial charge on any atom is 0.169 e. The first kappa shape index (κ1) is 20.4. The van der Waals surface area contributed by atoms with Gasteiger partial charge in [-0.1, -0.05) is 12.1 Å². The van der Waals surface area contributed by atoms with Crippen LogP contribution < -0.4 is 10.1 Å². The van der Waals surface area contributed by atoms with Gasteiger partial charge in [0.1, 0.15) is 5.75 Å². The summed E-state index contributed by atoms with van der Waals surface area (Å²) in [6, 6.07) is 7.91. The van der Waals surface area contributed by atoms with Crippen LogP contribution in [0.4, 0.5) is 0 Å². The SMILES string of the molecule is COc1ccc(CCNC(=S)N(C[C@@H]2CCCO2)[C@H]2CCS(=O)(=O)C2)cc1. The van der Waals surface area contributed by atoms with Gasteiger partial charge in [-0.2, -0.15) is 0 Å². The third kappa shape index (κ3) is 5.80. The Kier molecular flexibility index (Phi) is 6.94. The molecule has 0 aliphatic carbocycles. The van der Waals surface area contributed by atoms with Crippen LogP contribution in [0.2, 0.25) is 0 Å². The number of rotatable bonds is 7. The fourth-order valence-electron chi connectivity index (χ4n) is 3.63. The Bertz CT molecular complexity index is 731. The zero-order valence-electron chi connectivity index (χ0n) is 15.7. The smallest absolute Gasteiger partial charge is 0.169 e. The summed E-state index contributed by atoms with van der Waals surface area (Å²) >= 11 is 5.62. The molecule has 0 unspecified atom stereocenters. The van der Waals surface area contributed by atoms with E-state index in [1.807, 2.05) is 29.2 Å². The zero-order valence-corrected chi connectivity index (χ0v) is 17.4. The normalized spacial score (nSPS) is 23.9. The minimum atomic E-state index is -2.96. The van der Waals surface area contributed by atoms with Gasteiger partial charge in [0.2, 0.25) is 0 Å². The quantitative estimate of drug-likeness (QED) is 0.685. The van der Waals surface area contributed by atoms with E-state index in [4.69, 9.17) is 21.7 Å². The van der Waals surface area contributed by atoms with Crippen LogP contribution >= 0.6 is 12.2 Å². The summed E-state index contributed by atoms with van der Waals surface area (Å²) in [5.41, 5.74) is 1.19. The van der Waals surface area contributed by atoms with Crippen LogP contribution in [0.1, 0.15) is 24.8 Å². The summed E-state index contributed by atoms with van der Waals surface area (Å²) in [4.78, 5) is 2.05. The average Bonchev–Trinajstić information content (AvgIpc) is 3.29. The topological polar surface area (TPSA) is 67.9 Å². The van der Waals surface area contributed by atoms with Gasteiger partial charge in [0.05, 0.1) is 24.7 Å². The molecule has 0 saturated carbocycles. The Labute approximate surface area is 167 Å². The number of sulfone groups is 1. The molecule has 1 aromatic carbocycles. The summed E-state index contributed by atoms with van der Waals surface area (Å²) in [5, 5.41) is 3.94. The number of hydrogen-bond donors (Lipinski definition) is 1. The van der Waals surface area contributed by atoms with Crippen LogP contribution in [0, 0.1) is 0 Å². The summed E-state index contributed by atoms with van der Waals surface area (Å²) in [5.74, 6) is 1.26. The molecule has 2 fully saturated rings. The van der Waals surface area contributed by atoms with Crippen molar-refractivity contribution in [2.45, 2.75) is 37.8 Å². The number of thiocarbonyl (C=S) groups is 1. The Hall–Kier alpha value is -1.38. The van der Waals surface area contributed by atoms with Crippen molar-refractivity contribution >= 4 is 27.2 Å². The highest BCUT2D eigenvalue weighted by molar-refractivity contribution is 7.91. The molecule has 8 heteroatoms. The van der Waals surface area contributed by atoms with Crippen LogP contribution in [0.3, 0.4) is 0 Å². The van der Waals surface area contributed by atoms with Crippen molar-refractivity contribution in [3.8, 4) is 5.75 Å². The first-order valence-corrected chi connectivity index (χ1v) is 11.7. The first-order chi connectivity index (χ1) is 13.0.